The van der Waals surface area contributed by atoms with Crippen LogP contribution in [0.5, 0.6) is 0 Å². The van der Waals surface area contributed by atoms with Crippen molar-refractivity contribution in [1.82, 2.24) is 10.2 Å². The standard InChI is InChI=1S/C13H28N2O/c1-11(2)15-7-5-13(10-15)9-14-12(3)6-8-16-4/h11-14H,5-10H2,1-4H3. The molecule has 3 nitrogen and oxygen atoms in total. The van der Waals surface area contributed by atoms with Gasteiger partial charge in [-0.05, 0) is 52.6 Å². The number of hydrogen-bond acceptors (Lipinski definition) is 3. The van der Waals surface area contributed by atoms with Gasteiger partial charge in [-0.2, -0.15) is 0 Å². The van der Waals surface area contributed by atoms with Crippen LogP contribution in [0, 0.1) is 5.92 Å². The molecule has 0 radical (unpaired) electrons. The van der Waals surface area contributed by atoms with Gasteiger partial charge in [0.2, 0.25) is 0 Å². The Morgan fingerprint density at radius 1 is 1.38 bits per heavy atom. The van der Waals surface area contributed by atoms with Gasteiger partial charge in [0.1, 0.15) is 0 Å². The van der Waals surface area contributed by atoms with Crippen LogP contribution in [-0.2, 0) is 4.74 Å². The Morgan fingerprint density at radius 2 is 2.12 bits per heavy atom. The maximum atomic E-state index is 5.08. The van der Waals surface area contributed by atoms with Crippen LogP contribution in [-0.4, -0.2) is 50.3 Å². The van der Waals surface area contributed by atoms with E-state index in [4.69, 9.17) is 4.74 Å². The molecule has 3 heteroatoms. The van der Waals surface area contributed by atoms with Crippen LogP contribution in [0.25, 0.3) is 0 Å². The molecule has 1 heterocycles. The molecule has 1 saturated heterocycles. The Morgan fingerprint density at radius 3 is 2.69 bits per heavy atom. The third-order valence-corrected chi connectivity index (χ3v) is 3.56. The lowest BCUT2D eigenvalue weighted by Crippen LogP contribution is -2.34. The van der Waals surface area contributed by atoms with E-state index >= 15 is 0 Å². The highest BCUT2D eigenvalue weighted by molar-refractivity contribution is 4.79. The zero-order valence-electron chi connectivity index (χ0n) is 11.3. The highest BCUT2D eigenvalue weighted by Crippen LogP contribution is 2.17. The molecular formula is C13H28N2O. The molecule has 0 aromatic heterocycles. The molecule has 16 heavy (non-hydrogen) atoms. The van der Waals surface area contributed by atoms with E-state index in [0.29, 0.717) is 12.1 Å². The summed E-state index contributed by atoms with van der Waals surface area (Å²) in [6.07, 6.45) is 2.46. The number of methoxy groups -OCH3 is 1. The molecular weight excluding hydrogens is 200 g/mol. The summed E-state index contributed by atoms with van der Waals surface area (Å²) < 4.78 is 5.08. The molecule has 1 fully saturated rings. The molecule has 0 aromatic rings. The summed E-state index contributed by atoms with van der Waals surface area (Å²) in [5.41, 5.74) is 0. The van der Waals surface area contributed by atoms with Crippen molar-refractivity contribution in [2.24, 2.45) is 5.92 Å². The highest BCUT2D eigenvalue weighted by Gasteiger charge is 2.23. The topological polar surface area (TPSA) is 24.5 Å². The monoisotopic (exact) mass is 228 g/mol. The Kier molecular flexibility index (Phi) is 6.32. The number of rotatable bonds is 7. The average Bonchev–Trinajstić information content (AvgIpc) is 2.72. The maximum absolute atomic E-state index is 5.08. The van der Waals surface area contributed by atoms with Gasteiger partial charge in [0.15, 0.2) is 0 Å². The molecule has 2 atom stereocenters. The van der Waals surface area contributed by atoms with E-state index in [1.165, 1.54) is 19.5 Å². The third-order valence-electron chi connectivity index (χ3n) is 3.56. The quantitative estimate of drug-likeness (QED) is 0.718. The molecule has 0 saturated carbocycles. The number of ether oxygens (including phenoxy) is 1. The van der Waals surface area contributed by atoms with Crippen molar-refractivity contribution >= 4 is 0 Å². The number of nitrogens with one attached hydrogen (secondary N) is 1. The van der Waals surface area contributed by atoms with Gasteiger partial charge in [-0.15, -0.1) is 0 Å². The van der Waals surface area contributed by atoms with E-state index in [-0.39, 0.29) is 0 Å². The van der Waals surface area contributed by atoms with Crippen LogP contribution >= 0.6 is 0 Å². The van der Waals surface area contributed by atoms with Gasteiger partial charge in [-0.3, -0.25) is 0 Å². The van der Waals surface area contributed by atoms with Crippen LogP contribution in [0.15, 0.2) is 0 Å². The third kappa shape index (κ3) is 4.81. The lowest BCUT2D eigenvalue weighted by molar-refractivity contribution is 0.183. The Bertz CT molecular complexity index is 185. The summed E-state index contributed by atoms with van der Waals surface area (Å²) in [6, 6.07) is 1.28. The Labute approximate surface area is 101 Å². The first-order valence-corrected chi connectivity index (χ1v) is 6.59. The summed E-state index contributed by atoms with van der Waals surface area (Å²) in [4.78, 5) is 2.58. The summed E-state index contributed by atoms with van der Waals surface area (Å²) in [5, 5.41) is 3.61. The van der Waals surface area contributed by atoms with E-state index < -0.39 is 0 Å². The van der Waals surface area contributed by atoms with Crippen molar-refractivity contribution in [2.45, 2.75) is 45.7 Å². The van der Waals surface area contributed by atoms with Crippen molar-refractivity contribution < 1.29 is 4.74 Å². The smallest absolute Gasteiger partial charge is 0.0476 e. The molecule has 1 rings (SSSR count). The predicted molar refractivity (Wildman–Crippen MR) is 68.8 cm³/mol. The fraction of sp³-hybridized carbons (Fsp3) is 1.00. The Balaban J connectivity index is 2.10. The lowest BCUT2D eigenvalue weighted by atomic mass is 10.1. The first-order chi connectivity index (χ1) is 7.63. The second kappa shape index (κ2) is 7.25. The molecule has 0 aromatic carbocycles. The zero-order valence-corrected chi connectivity index (χ0v) is 11.3. The van der Waals surface area contributed by atoms with Gasteiger partial charge in [0, 0.05) is 32.3 Å². The molecule has 1 aliphatic rings. The summed E-state index contributed by atoms with van der Waals surface area (Å²) in [7, 11) is 1.77. The van der Waals surface area contributed by atoms with E-state index in [0.717, 1.165) is 25.5 Å². The van der Waals surface area contributed by atoms with Crippen LogP contribution < -0.4 is 5.32 Å². The second-order valence-electron chi connectivity index (χ2n) is 5.33. The largest absolute Gasteiger partial charge is 0.385 e. The van der Waals surface area contributed by atoms with E-state index in [2.05, 4.69) is 31.0 Å². The zero-order chi connectivity index (χ0) is 12.0. The molecule has 0 aliphatic carbocycles. The molecule has 1 aliphatic heterocycles. The van der Waals surface area contributed by atoms with E-state index in [1.807, 2.05) is 0 Å². The minimum Gasteiger partial charge on any atom is -0.385 e. The first-order valence-electron chi connectivity index (χ1n) is 6.59. The average molecular weight is 228 g/mol. The predicted octanol–water partition coefficient (Wildman–Crippen LogP) is 1.73. The van der Waals surface area contributed by atoms with Gasteiger partial charge < -0.3 is 15.0 Å². The number of hydrogen-bond donors (Lipinski definition) is 1. The number of nitrogens with zero attached hydrogens (tertiary/aromatic N) is 1. The summed E-state index contributed by atoms with van der Waals surface area (Å²) in [5.74, 6) is 0.840. The molecule has 1 N–H and O–H groups in total. The minimum absolute atomic E-state index is 0.577. The molecule has 96 valence electrons. The van der Waals surface area contributed by atoms with Crippen molar-refractivity contribution in [3.05, 3.63) is 0 Å². The van der Waals surface area contributed by atoms with Gasteiger partial charge in [0.25, 0.3) is 0 Å². The molecule has 0 amide bonds. The van der Waals surface area contributed by atoms with Crippen LogP contribution in [0.4, 0.5) is 0 Å². The van der Waals surface area contributed by atoms with Crippen LogP contribution in [0.2, 0.25) is 0 Å². The number of likely N-dealkylation sites (tertiary alicyclic amines) is 1. The fourth-order valence-corrected chi connectivity index (χ4v) is 2.26. The van der Waals surface area contributed by atoms with Gasteiger partial charge in [-0.1, -0.05) is 0 Å². The summed E-state index contributed by atoms with van der Waals surface area (Å²) >= 11 is 0. The molecule has 0 bridgehead atoms. The summed E-state index contributed by atoms with van der Waals surface area (Å²) in [6.45, 7) is 11.4. The first kappa shape index (κ1) is 13.9. The molecule has 2 unspecified atom stereocenters. The SMILES string of the molecule is COCCC(C)NCC1CCN(C(C)C)C1. The highest BCUT2D eigenvalue weighted by atomic mass is 16.5. The van der Waals surface area contributed by atoms with Crippen molar-refractivity contribution in [3.63, 3.8) is 0 Å². The molecule has 0 spiro atoms. The van der Waals surface area contributed by atoms with Gasteiger partial charge in [-0.25, -0.2) is 0 Å². The van der Waals surface area contributed by atoms with Crippen LogP contribution in [0.3, 0.4) is 0 Å². The Hall–Kier alpha value is -0.120. The van der Waals surface area contributed by atoms with Crippen molar-refractivity contribution in [1.29, 1.82) is 0 Å². The normalized spacial score (nSPS) is 24.2. The van der Waals surface area contributed by atoms with Gasteiger partial charge >= 0.3 is 0 Å². The lowest BCUT2D eigenvalue weighted by Gasteiger charge is -2.21. The van der Waals surface area contributed by atoms with Crippen molar-refractivity contribution in [2.75, 3.05) is 33.4 Å². The minimum atomic E-state index is 0.577. The fourth-order valence-electron chi connectivity index (χ4n) is 2.26. The van der Waals surface area contributed by atoms with Crippen molar-refractivity contribution in [3.8, 4) is 0 Å². The maximum Gasteiger partial charge on any atom is 0.0476 e. The van der Waals surface area contributed by atoms with Gasteiger partial charge in [0.05, 0.1) is 0 Å². The van der Waals surface area contributed by atoms with Crippen LogP contribution in [0.1, 0.15) is 33.6 Å². The van der Waals surface area contributed by atoms with E-state index in [9.17, 15) is 0 Å². The van der Waals surface area contributed by atoms with E-state index in [1.54, 1.807) is 7.11 Å². The second-order valence-corrected chi connectivity index (χ2v) is 5.33.